The normalized spacial score (nSPS) is 17.7. The number of ether oxygens (including phenoxy) is 1. The summed E-state index contributed by atoms with van der Waals surface area (Å²) < 4.78 is 8.64. The second kappa shape index (κ2) is 7.02. The molecule has 1 saturated heterocycles. The van der Waals surface area contributed by atoms with Gasteiger partial charge in [0, 0.05) is 26.1 Å². The van der Waals surface area contributed by atoms with Crippen LogP contribution in [0.1, 0.15) is 12.1 Å². The van der Waals surface area contributed by atoms with Crippen LogP contribution in [0, 0.1) is 6.92 Å². The summed E-state index contributed by atoms with van der Waals surface area (Å²) in [7, 11) is 1.80. The van der Waals surface area contributed by atoms with Gasteiger partial charge in [0.05, 0.1) is 24.6 Å². The number of rotatable bonds is 4. The molecule has 1 aromatic heterocycles. The van der Waals surface area contributed by atoms with E-state index in [0.717, 1.165) is 12.2 Å². The Morgan fingerprint density at radius 3 is 2.79 bits per heavy atom. The van der Waals surface area contributed by atoms with E-state index in [-0.39, 0.29) is 23.9 Å². The summed E-state index contributed by atoms with van der Waals surface area (Å²) >= 11 is 0. The van der Waals surface area contributed by atoms with Gasteiger partial charge in [-0.05, 0) is 19.1 Å². The number of nitrogens with one attached hydrogen (secondary N) is 2. The summed E-state index contributed by atoms with van der Waals surface area (Å²) in [6, 6.07) is 9.34. The van der Waals surface area contributed by atoms with E-state index in [9.17, 15) is 9.59 Å². The van der Waals surface area contributed by atoms with E-state index in [0.29, 0.717) is 24.6 Å². The molecule has 2 heterocycles. The molecule has 0 spiro atoms. The lowest BCUT2D eigenvalue weighted by Gasteiger charge is -2.23. The smallest absolute Gasteiger partial charge is 0.295 e. The predicted octanol–water partition coefficient (Wildman–Crippen LogP) is 0.801. The summed E-state index contributed by atoms with van der Waals surface area (Å²) in [6.07, 6.45) is 0.277. The van der Waals surface area contributed by atoms with Gasteiger partial charge >= 0.3 is 0 Å². The van der Waals surface area contributed by atoms with Crippen LogP contribution in [-0.4, -0.2) is 41.1 Å². The van der Waals surface area contributed by atoms with Gasteiger partial charge in [0.15, 0.2) is 0 Å². The Hall–Kier alpha value is -2.38. The van der Waals surface area contributed by atoms with E-state index < -0.39 is 0 Å². The Kier molecular flexibility index (Phi) is 4.82. The molecule has 2 aromatic rings. The molecule has 1 atom stereocenters. The molecule has 0 bridgehead atoms. The molecule has 2 N–H and O–H groups in total. The highest BCUT2D eigenvalue weighted by Gasteiger charge is 2.21. The minimum atomic E-state index is -0.234. The lowest BCUT2D eigenvalue weighted by atomic mass is 10.2. The van der Waals surface area contributed by atoms with Crippen molar-refractivity contribution in [3.63, 3.8) is 0 Å². The predicted molar refractivity (Wildman–Crippen MR) is 91.6 cm³/mol. The van der Waals surface area contributed by atoms with Gasteiger partial charge in [0.25, 0.3) is 5.56 Å². The van der Waals surface area contributed by atoms with Gasteiger partial charge in [-0.15, -0.1) is 0 Å². The van der Waals surface area contributed by atoms with E-state index >= 15 is 0 Å². The number of para-hydroxylation sites is 1. The molecule has 0 radical (unpaired) electrons. The maximum atomic E-state index is 12.7. The fraction of sp³-hybridized carbons (Fsp3) is 0.412. The van der Waals surface area contributed by atoms with Crippen molar-refractivity contribution >= 4 is 11.6 Å². The Morgan fingerprint density at radius 2 is 2.12 bits per heavy atom. The number of amides is 1. The van der Waals surface area contributed by atoms with Crippen molar-refractivity contribution in [1.29, 1.82) is 0 Å². The molecule has 24 heavy (non-hydrogen) atoms. The molecule has 7 nitrogen and oxygen atoms in total. The van der Waals surface area contributed by atoms with Crippen molar-refractivity contribution in [2.24, 2.45) is 7.05 Å². The molecule has 3 rings (SSSR count). The molecule has 128 valence electrons. The minimum absolute atomic E-state index is 0.0147. The minimum Gasteiger partial charge on any atom is -0.378 e. The molecule has 1 aromatic carbocycles. The highest BCUT2D eigenvalue weighted by atomic mass is 16.5. The van der Waals surface area contributed by atoms with Gasteiger partial charge < -0.3 is 15.4 Å². The second-order valence-electron chi connectivity index (χ2n) is 5.91. The van der Waals surface area contributed by atoms with Crippen molar-refractivity contribution in [2.75, 3.05) is 25.1 Å². The summed E-state index contributed by atoms with van der Waals surface area (Å²) in [5.74, 6) is -0.191. The first kappa shape index (κ1) is 16.5. The van der Waals surface area contributed by atoms with Gasteiger partial charge in [0.2, 0.25) is 5.91 Å². The maximum Gasteiger partial charge on any atom is 0.295 e. The van der Waals surface area contributed by atoms with Crippen molar-refractivity contribution in [3.05, 3.63) is 46.4 Å². The number of carbonyl (C=O) groups excluding carboxylic acids is 1. The molecule has 0 aliphatic carbocycles. The summed E-state index contributed by atoms with van der Waals surface area (Å²) in [4.78, 5) is 25.0. The molecule has 1 unspecified atom stereocenters. The number of anilines is 1. The number of nitrogens with zero attached hydrogens (tertiary/aromatic N) is 2. The number of carbonyl (C=O) groups is 1. The zero-order chi connectivity index (χ0) is 17.1. The van der Waals surface area contributed by atoms with E-state index in [1.165, 1.54) is 0 Å². The number of hydrogen-bond acceptors (Lipinski definition) is 4. The quantitative estimate of drug-likeness (QED) is 0.869. The van der Waals surface area contributed by atoms with E-state index in [1.54, 1.807) is 16.4 Å². The van der Waals surface area contributed by atoms with Crippen molar-refractivity contribution < 1.29 is 9.53 Å². The third-order valence-electron chi connectivity index (χ3n) is 4.25. The van der Waals surface area contributed by atoms with Gasteiger partial charge in [-0.3, -0.25) is 14.3 Å². The van der Waals surface area contributed by atoms with Gasteiger partial charge in [-0.1, -0.05) is 18.2 Å². The molecule has 1 aliphatic heterocycles. The first-order valence-corrected chi connectivity index (χ1v) is 8.03. The third-order valence-corrected chi connectivity index (χ3v) is 4.25. The first-order valence-electron chi connectivity index (χ1n) is 8.03. The molecule has 1 aliphatic rings. The Balaban J connectivity index is 1.81. The third kappa shape index (κ3) is 3.27. The monoisotopic (exact) mass is 330 g/mol. The number of aromatic nitrogens is 2. The van der Waals surface area contributed by atoms with Gasteiger partial charge in [-0.2, -0.15) is 0 Å². The Bertz CT molecular complexity index is 773. The molecule has 1 fully saturated rings. The lowest BCUT2D eigenvalue weighted by Crippen LogP contribution is -2.43. The highest BCUT2D eigenvalue weighted by molar-refractivity contribution is 5.91. The molecule has 0 saturated carbocycles. The fourth-order valence-corrected chi connectivity index (χ4v) is 2.88. The van der Waals surface area contributed by atoms with Gasteiger partial charge in [0.1, 0.15) is 5.69 Å². The standard InChI is InChI=1S/C17H22N4O3/c1-12-16(19-15(22)10-13-11-24-9-8-18-13)17(23)21(20(12)2)14-6-4-3-5-7-14/h3-7,13,18H,8-11H2,1-2H3,(H,19,22). The average molecular weight is 330 g/mol. The molecular formula is C17H22N4O3. The molecule has 1 amide bonds. The maximum absolute atomic E-state index is 12.7. The zero-order valence-electron chi connectivity index (χ0n) is 13.9. The second-order valence-corrected chi connectivity index (χ2v) is 5.91. The summed E-state index contributed by atoms with van der Waals surface area (Å²) in [5, 5.41) is 6.00. The number of morpholine rings is 1. The lowest BCUT2D eigenvalue weighted by molar-refractivity contribution is -0.117. The van der Waals surface area contributed by atoms with Crippen molar-refractivity contribution in [3.8, 4) is 5.69 Å². The molecule has 7 heteroatoms. The zero-order valence-corrected chi connectivity index (χ0v) is 13.9. The van der Waals surface area contributed by atoms with E-state index in [1.807, 2.05) is 37.3 Å². The van der Waals surface area contributed by atoms with Crippen LogP contribution < -0.4 is 16.2 Å². The van der Waals surface area contributed by atoms with Crippen LogP contribution in [0.25, 0.3) is 5.69 Å². The fourth-order valence-electron chi connectivity index (χ4n) is 2.88. The topological polar surface area (TPSA) is 77.3 Å². The number of hydrogen-bond donors (Lipinski definition) is 2. The highest BCUT2D eigenvalue weighted by Crippen LogP contribution is 2.14. The average Bonchev–Trinajstić information content (AvgIpc) is 2.80. The SMILES string of the molecule is Cc1c(NC(=O)CC2COCCN2)c(=O)n(-c2ccccc2)n1C. The van der Waals surface area contributed by atoms with Crippen LogP contribution in [0.15, 0.2) is 35.1 Å². The largest absolute Gasteiger partial charge is 0.378 e. The summed E-state index contributed by atoms with van der Waals surface area (Å²) in [6.45, 7) is 3.73. The summed E-state index contributed by atoms with van der Waals surface area (Å²) in [5.41, 5.74) is 1.56. The van der Waals surface area contributed by atoms with E-state index in [4.69, 9.17) is 4.74 Å². The number of benzene rings is 1. The Morgan fingerprint density at radius 1 is 1.38 bits per heavy atom. The van der Waals surface area contributed by atoms with Crippen LogP contribution in [-0.2, 0) is 16.6 Å². The molecular weight excluding hydrogens is 308 g/mol. The van der Waals surface area contributed by atoms with Crippen LogP contribution >= 0.6 is 0 Å². The van der Waals surface area contributed by atoms with Crippen molar-refractivity contribution in [2.45, 2.75) is 19.4 Å². The van der Waals surface area contributed by atoms with Crippen LogP contribution in [0.5, 0.6) is 0 Å². The van der Waals surface area contributed by atoms with Crippen molar-refractivity contribution in [1.82, 2.24) is 14.7 Å². The van der Waals surface area contributed by atoms with Crippen LogP contribution in [0.2, 0.25) is 0 Å². The first-order chi connectivity index (χ1) is 11.6. The van der Waals surface area contributed by atoms with Gasteiger partial charge in [-0.25, -0.2) is 4.68 Å². The van der Waals surface area contributed by atoms with E-state index in [2.05, 4.69) is 10.6 Å². The van der Waals surface area contributed by atoms with Crippen LogP contribution in [0.3, 0.4) is 0 Å². The Labute approximate surface area is 140 Å². The van der Waals surface area contributed by atoms with Crippen LogP contribution in [0.4, 0.5) is 5.69 Å².